The van der Waals surface area contributed by atoms with Gasteiger partial charge in [-0.1, -0.05) is 18.2 Å². The van der Waals surface area contributed by atoms with Crippen molar-refractivity contribution in [1.82, 2.24) is 19.3 Å². The van der Waals surface area contributed by atoms with E-state index in [1.54, 1.807) is 31.2 Å². The molecule has 2 aromatic carbocycles. The Hall–Kier alpha value is -3.09. The molecule has 0 saturated carbocycles. The van der Waals surface area contributed by atoms with Crippen LogP contribution >= 0.6 is 11.8 Å². The maximum absolute atomic E-state index is 12.9. The van der Waals surface area contributed by atoms with Crippen molar-refractivity contribution < 1.29 is 17.6 Å². The van der Waals surface area contributed by atoms with Crippen LogP contribution in [-0.2, 0) is 14.8 Å². The van der Waals surface area contributed by atoms with E-state index in [1.807, 2.05) is 0 Å². The molecule has 3 heterocycles. The van der Waals surface area contributed by atoms with Crippen molar-refractivity contribution in [3.63, 3.8) is 0 Å². The van der Waals surface area contributed by atoms with E-state index < -0.39 is 15.3 Å². The van der Waals surface area contributed by atoms with E-state index in [2.05, 4.69) is 20.3 Å². The molecule has 2 aromatic heterocycles. The fourth-order valence-electron chi connectivity index (χ4n) is 3.91. The molecule has 1 fully saturated rings. The molecule has 1 aliphatic rings. The minimum absolute atomic E-state index is 0.190. The van der Waals surface area contributed by atoms with Gasteiger partial charge in [-0.25, -0.2) is 18.2 Å². The monoisotopic (exact) mass is 501 g/mol. The normalized spacial score (nSPS) is 16.1. The Labute approximate surface area is 199 Å². The smallest absolute Gasteiger partial charge is 0.323 e. The fraction of sp³-hybridized carbons (Fsp3) is 0.318. The zero-order chi connectivity index (χ0) is 23.9. The highest BCUT2D eigenvalue weighted by atomic mass is 32.2. The number of aromatic amines is 2. The second-order valence-corrected chi connectivity index (χ2v) is 11.4. The zero-order valence-corrected chi connectivity index (χ0v) is 20.0. The number of nitrogens with one attached hydrogen (secondary N) is 3. The van der Waals surface area contributed by atoms with Crippen molar-refractivity contribution in [3.8, 4) is 0 Å². The summed E-state index contributed by atoms with van der Waals surface area (Å²) in [7, 11) is -3.57. The van der Waals surface area contributed by atoms with Gasteiger partial charge in [-0.05, 0) is 56.2 Å². The number of anilines is 1. The molecular formula is C22H23N5O5S2. The van der Waals surface area contributed by atoms with Gasteiger partial charge in [0.25, 0.3) is 5.22 Å². The van der Waals surface area contributed by atoms with Crippen molar-refractivity contribution >= 4 is 55.5 Å². The predicted octanol–water partition coefficient (Wildman–Crippen LogP) is 3.29. The van der Waals surface area contributed by atoms with Gasteiger partial charge >= 0.3 is 5.69 Å². The van der Waals surface area contributed by atoms with Crippen molar-refractivity contribution in [1.29, 1.82) is 0 Å². The quantitative estimate of drug-likeness (QED) is 0.344. The Morgan fingerprint density at radius 1 is 1.12 bits per heavy atom. The first-order valence-corrected chi connectivity index (χ1v) is 13.2. The maximum atomic E-state index is 12.9. The van der Waals surface area contributed by atoms with Crippen LogP contribution in [0.25, 0.3) is 22.1 Å². The van der Waals surface area contributed by atoms with Crippen LogP contribution in [0.1, 0.15) is 26.2 Å². The number of carbonyl (C=O) groups excluding carboxylic acids is 1. The molecule has 1 atom stereocenters. The van der Waals surface area contributed by atoms with Crippen LogP contribution < -0.4 is 11.0 Å². The molecule has 0 spiro atoms. The van der Waals surface area contributed by atoms with Gasteiger partial charge in [-0.2, -0.15) is 4.31 Å². The summed E-state index contributed by atoms with van der Waals surface area (Å²) in [5.41, 5.74) is 2.36. The summed E-state index contributed by atoms with van der Waals surface area (Å²) < 4.78 is 33.1. The lowest BCUT2D eigenvalue weighted by Gasteiger charge is -2.25. The van der Waals surface area contributed by atoms with Crippen LogP contribution in [0.2, 0.25) is 0 Å². The SMILES string of the molecule is C[C@@H](Sc1nc2cc(S(=O)(=O)N3CCCCC3)ccc2o1)C(=O)Nc1ccc2[nH]c(=O)[nH]c2c1. The zero-order valence-electron chi connectivity index (χ0n) is 18.3. The number of nitrogens with zero attached hydrogens (tertiary/aromatic N) is 2. The van der Waals surface area contributed by atoms with E-state index in [0.29, 0.717) is 40.9 Å². The number of hydrogen-bond acceptors (Lipinski definition) is 7. The Balaban J connectivity index is 1.29. The van der Waals surface area contributed by atoms with Gasteiger partial charge < -0.3 is 19.7 Å². The van der Waals surface area contributed by atoms with Crippen LogP contribution in [0.5, 0.6) is 0 Å². The summed E-state index contributed by atoms with van der Waals surface area (Å²) in [5.74, 6) is -0.266. The first-order chi connectivity index (χ1) is 16.3. The number of carbonyl (C=O) groups is 1. The first-order valence-electron chi connectivity index (χ1n) is 10.9. The molecule has 178 valence electrons. The van der Waals surface area contributed by atoms with E-state index >= 15 is 0 Å². The van der Waals surface area contributed by atoms with Crippen LogP contribution in [0.4, 0.5) is 5.69 Å². The van der Waals surface area contributed by atoms with Gasteiger partial charge in [0.15, 0.2) is 5.58 Å². The number of thioether (sulfide) groups is 1. The molecule has 5 rings (SSSR count). The van der Waals surface area contributed by atoms with E-state index in [-0.39, 0.29) is 21.7 Å². The number of sulfonamides is 1. The van der Waals surface area contributed by atoms with Gasteiger partial charge in [-0.15, -0.1) is 0 Å². The lowest BCUT2D eigenvalue weighted by atomic mass is 10.2. The molecular weight excluding hydrogens is 478 g/mol. The third-order valence-corrected chi connectivity index (χ3v) is 8.56. The van der Waals surface area contributed by atoms with Gasteiger partial charge in [0, 0.05) is 18.8 Å². The number of benzene rings is 2. The molecule has 1 aliphatic heterocycles. The number of hydrogen-bond donors (Lipinski definition) is 3. The Morgan fingerprint density at radius 2 is 1.88 bits per heavy atom. The molecule has 0 radical (unpaired) electrons. The number of H-pyrrole nitrogens is 2. The molecule has 4 aromatic rings. The minimum Gasteiger partial charge on any atom is -0.431 e. The third-order valence-electron chi connectivity index (χ3n) is 5.72. The standard InChI is InChI=1S/C22H23N5O5S2/c1-13(20(28)23-14-5-7-16-17(11-14)25-21(29)24-16)33-22-26-18-12-15(6-8-19(18)32-22)34(30,31)27-9-3-2-4-10-27/h5-8,11-13H,2-4,9-10H2,1H3,(H,23,28)(H2,24,25,29)/t13-/m1/s1. The molecule has 3 N–H and O–H groups in total. The van der Waals surface area contributed by atoms with Crippen LogP contribution in [0.3, 0.4) is 0 Å². The largest absolute Gasteiger partial charge is 0.431 e. The van der Waals surface area contributed by atoms with Crippen LogP contribution in [0.15, 0.2) is 55.7 Å². The van der Waals surface area contributed by atoms with Crippen LogP contribution in [0, 0.1) is 0 Å². The first kappa shape index (κ1) is 22.7. The van der Waals surface area contributed by atoms with Crippen molar-refractivity contribution in [3.05, 3.63) is 46.9 Å². The summed E-state index contributed by atoms with van der Waals surface area (Å²) in [5, 5.41) is 2.55. The molecule has 0 aliphatic carbocycles. The summed E-state index contributed by atoms with van der Waals surface area (Å²) in [6.45, 7) is 2.78. The van der Waals surface area contributed by atoms with Gasteiger partial charge in [0.2, 0.25) is 15.9 Å². The minimum atomic E-state index is -3.57. The number of rotatable bonds is 6. The molecule has 34 heavy (non-hydrogen) atoms. The molecule has 0 unspecified atom stereocenters. The Kier molecular flexibility index (Phi) is 5.96. The second kappa shape index (κ2) is 8.93. The number of amides is 1. The number of fused-ring (bicyclic) bond motifs is 2. The lowest BCUT2D eigenvalue weighted by molar-refractivity contribution is -0.115. The average Bonchev–Trinajstić information content (AvgIpc) is 3.40. The third kappa shape index (κ3) is 4.48. The molecule has 0 bridgehead atoms. The Bertz CT molecular complexity index is 1530. The molecule has 12 heteroatoms. The van der Waals surface area contributed by atoms with Crippen molar-refractivity contribution in [2.75, 3.05) is 18.4 Å². The summed E-state index contributed by atoms with van der Waals surface area (Å²) in [4.78, 5) is 34.0. The van der Waals surface area contributed by atoms with E-state index in [1.165, 1.54) is 16.4 Å². The average molecular weight is 502 g/mol. The second-order valence-electron chi connectivity index (χ2n) is 8.16. The molecule has 1 saturated heterocycles. The summed E-state index contributed by atoms with van der Waals surface area (Å²) >= 11 is 1.13. The van der Waals surface area contributed by atoms with E-state index in [0.717, 1.165) is 31.0 Å². The van der Waals surface area contributed by atoms with Gasteiger partial charge in [0.1, 0.15) is 5.52 Å². The summed E-state index contributed by atoms with van der Waals surface area (Å²) in [6.07, 6.45) is 2.77. The van der Waals surface area contributed by atoms with E-state index in [9.17, 15) is 18.0 Å². The number of oxazole rings is 1. The predicted molar refractivity (Wildman–Crippen MR) is 129 cm³/mol. The van der Waals surface area contributed by atoms with Gasteiger partial charge in [-0.3, -0.25) is 4.79 Å². The highest BCUT2D eigenvalue weighted by molar-refractivity contribution is 8.00. The highest BCUT2D eigenvalue weighted by Gasteiger charge is 2.27. The number of imidazole rings is 1. The number of piperidine rings is 1. The molecule has 1 amide bonds. The lowest BCUT2D eigenvalue weighted by Crippen LogP contribution is -2.35. The van der Waals surface area contributed by atoms with E-state index in [4.69, 9.17) is 4.42 Å². The highest BCUT2D eigenvalue weighted by Crippen LogP contribution is 2.30. The number of aromatic nitrogens is 3. The van der Waals surface area contributed by atoms with Crippen molar-refractivity contribution in [2.45, 2.75) is 41.6 Å². The maximum Gasteiger partial charge on any atom is 0.323 e. The fourth-order valence-corrected chi connectivity index (χ4v) is 6.21. The van der Waals surface area contributed by atoms with Crippen LogP contribution in [-0.4, -0.2) is 51.9 Å². The topological polar surface area (TPSA) is 141 Å². The van der Waals surface area contributed by atoms with Crippen molar-refractivity contribution in [2.24, 2.45) is 0 Å². The molecule has 10 nitrogen and oxygen atoms in total. The van der Waals surface area contributed by atoms with Gasteiger partial charge in [0.05, 0.1) is 21.2 Å². The summed E-state index contributed by atoms with van der Waals surface area (Å²) in [6, 6.07) is 9.73. The Morgan fingerprint density at radius 3 is 2.68 bits per heavy atom.